The van der Waals surface area contributed by atoms with Crippen molar-refractivity contribution < 1.29 is 4.74 Å². The number of nitrogens with two attached hydrogens (primary N) is 1. The van der Waals surface area contributed by atoms with Gasteiger partial charge in [0.15, 0.2) is 0 Å². The number of rotatable bonds is 4. The summed E-state index contributed by atoms with van der Waals surface area (Å²) in [7, 11) is 0. The average molecular weight is 233 g/mol. The molecule has 2 rings (SSSR count). The molecule has 94 valence electrons. The molecule has 0 spiro atoms. The molecule has 0 bridgehead atoms. The highest BCUT2D eigenvalue weighted by molar-refractivity contribution is 5.32. The van der Waals surface area contributed by atoms with E-state index < -0.39 is 0 Å². The number of aryl methyl sites for hydroxylation is 2. The highest BCUT2D eigenvalue weighted by Gasteiger charge is 2.33. The molecule has 1 aromatic rings. The molecule has 0 radical (unpaired) electrons. The van der Waals surface area contributed by atoms with Gasteiger partial charge in [0.25, 0.3) is 0 Å². The summed E-state index contributed by atoms with van der Waals surface area (Å²) in [5.41, 5.74) is 9.79. The third-order valence-corrected chi connectivity index (χ3v) is 4.05. The summed E-state index contributed by atoms with van der Waals surface area (Å²) in [6, 6.07) is 6.40. The SMILES string of the molecule is Cc1cccc(C)c1COC1(CN)CCCC1. The first kappa shape index (κ1) is 12.6. The highest BCUT2D eigenvalue weighted by atomic mass is 16.5. The predicted molar refractivity (Wildman–Crippen MR) is 71.0 cm³/mol. The molecule has 2 nitrogen and oxygen atoms in total. The van der Waals surface area contributed by atoms with Gasteiger partial charge in [-0.05, 0) is 43.4 Å². The van der Waals surface area contributed by atoms with Crippen molar-refractivity contribution in [2.24, 2.45) is 5.73 Å². The van der Waals surface area contributed by atoms with Gasteiger partial charge < -0.3 is 10.5 Å². The van der Waals surface area contributed by atoms with Gasteiger partial charge in [-0.15, -0.1) is 0 Å². The first-order valence-corrected chi connectivity index (χ1v) is 6.56. The van der Waals surface area contributed by atoms with E-state index in [0.717, 1.165) is 12.8 Å². The Kier molecular flexibility index (Phi) is 3.85. The molecule has 1 aliphatic rings. The lowest BCUT2D eigenvalue weighted by atomic mass is 10.0. The Morgan fingerprint density at radius 1 is 1.18 bits per heavy atom. The van der Waals surface area contributed by atoms with Gasteiger partial charge in [0.2, 0.25) is 0 Å². The van der Waals surface area contributed by atoms with Gasteiger partial charge in [-0.25, -0.2) is 0 Å². The smallest absolute Gasteiger partial charge is 0.0808 e. The summed E-state index contributed by atoms with van der Waals surface area (Å²) in [5.74, 6) is 0. The van der Waals surface area contributed by atoms with Crippen LogP contribution in [0.5, 0.6) is 0 Å². The summed E-state index contributed by atoms with van der Waals surface area (Å²) in [5, 5.41) is 0. The molecule has 2 N–H and O–H groups in total. The summed E-state index contributed by atoms with van der Waals surface area (Å²) >= 11 is 0. The summed E-state index contributed by atoms with van der Waals surface area (Å²) < 4.78 is 6.16. The lowest BCUT2D eigenvalue weighted by molar-refractivity contribution is -0.0452. The Morgan fingerprint density at radius 2 is 1.76 bits per heavy atom. The maximum atomic E-state index is 6.16. The molecule has 2 heteroatoms. The Hall–Kier alpha value is -0.860. The van der Waals surface area contributed by atoms with Crippen molar-refractivity contribution >= 4 is 0 Å². The standard InChI is InChI=1S/C15H23NO/c1-12-6-5-7-13(2)14(12)10-17-15(11-16)8-3-4-9-15/h5-7H,3-4,8-11,16H2,1-2H3. The molecular formula is C15H23NO. The molecule has 1 fully saturated rings. The molecule has 0 amide bonds. The zero-order valence-electron chi connectivity index (χ0n) is 11.0. The molecule has 0 atom stereocenters. The van der Waals surface area contributed by atoms with Gasteiger partial charge in [-0.3, -0.25) is 0 Å². The second-order valence-electron chi connectivity index (χ2n) is 5.25. The van der Waals surface area contributed by atoms with Gasteiger partial charge in [-0.2, -0.15) is 0 Å². The Balaban J connectivity index is 2.06. The first-order chi connectivity index (χ1) is 8.17. The summed E-state index contributed by atoms with van der Waals surface area (Å²) in [6.45, 7) is 5.65. The van der Waals surface area contributed by atoms with E-state index in [1.165, 1.54) is 29.5 Å². The van der Waals surface area contributed by atoms with Crippen LogP contribution in [0.1, 0.15) is 42.4 Å². The molecule has 1 aliphatic carbocycles. The van der Waals surface area contributed by atoms with Gasteiger partial charge in [0, 0.05) is 6.54 Å². The van der Waals surface area contributed by atoms with Crippen LogP contribution in [-0.2, 0) is 11.3 Å². The van der Waals surface area contributed by atoms with Crippen molar-refractivity contribution in [3.8, 4) is 0 Å². The Morgan fingerprint density at radius 3 is 2.29 bits per heavy atom. The molecule has 0 heterocycles. The molecule has 0 aromatic heterocycles. The molecule has 0 saturated heterocycles. The lowest BCUT2D eigenvalue weighted by Gasteiger charge is -2.28. The van der Waals surface area contributed by atoms with Crippen molar-refractivity contribution in [2.75, 3.05) is 6.54 Å². The van der Waals surface area contributed by atoms with E-state index in [0.29, 0.717) is 13.2 Å². The van der Waals surface area contributed by atoms with E-state index in [1.54, 1.807) is 0 Å². The van der Waals surface area contributed by atoms with Crippen LogP contribution in [0, 0.1) is 13.8 Å². The van der Waals surface area contributed by atoms with Crippen molar-refractivity contribution in [1.82, 2.24) is 0 Å². The number of hydrogen-bond acceptors (Lipinski definition) is 2. The van der Waals surface area contributed by atoms with Gasteiger partial charge in [0.1, 0.15) is 0 Å². The average Bonchev–Trinajstić information content (AvgIpc) is 2.78. The van der Waals surface area contributed by atoms with E-state index >= 15 is 0 Å². The number of hydrogen-bond donors (Lipinski definition) is 1. The monoisotopic (exact) mass is 233 g/mol. The fraction of sp³-hybridized carbons (Fsp3) is 0.600. The van der Waals surface area contributed by atoms with Crippen LogP contribution in [0.15, 0.2) is 18.2 Å². The summed E-state index contributed by atoms with van der Waals surface area (Å²) in [6.07, 6.45) is 4.75. The fourth-order valence-electron chi connectivity index (χ4n) is 2.73. The van der Waals surface area contributed by atoms with Crippen LogP contribution in [0.2, 0.25) is 0 Å². The Bertz CT molecular complexity index is 360. The third kappa shape index (κ3) is 2.70. The molecule has 17 heavy (non-hydrogen) atoms. The molecular weight excluding hydrogens is 210 g/mol. The van der Waals surface area contributed by atoms with Crippen LogP contribution in [0.3, 0.4) is 0 Å². The van der Waals surface area contributed by atoms with E-state index in [4.69, 9.17) is 10.5 Å². The van der Waals surface area contributed by atoms with E-state index in [1.807, 2.05) is 0 Å². The van der Waals surface area contributed by atoms with Gasteiger partial charge >= 0.3 is 0 Å². The van der Waals surface area contributed by atoms with Crippen molar-refractivity contribution in [3.05, 3.63) is 34.9 Å². The van der Waals surface area contributed by atoms with Gasteiger partial charge in [-0.1, -0.05) is 31.0 Å². The quantitative estimate of drug-likeness (QED) is 0.867. The van der Waals surface area contributed by atoms with Crippen molar-refractivity contribution in [3.63, 3.8) is 0 Å². The van der Waals surface area contributed by atoms with Crippen LogP contribution in [0.25, 0.3) is 0 Å². The molecule has 1 aromatic carbocycles. The van der Waals surface area contributed by atoms with Crippen LogP contribution in [0.4, 0.5) is 0 Å². The largest absolute Gasteiger partial charge is 0.369 e. The fourth-order valence-corrected chi connectivity index (χ4v) is 2.73. The zero-order valence-corrected chi connectivity index (χ0v) is 11.0. The second kappa shape index (κ2) is 5.19. The normalized spacial score (nSPS) is 18.5. The van der Waals surface area contributed by atoms with Crippen molar-refractivity contribution in [1.29, 1.82) is 0 Å². The van der Waals surface area contributed by atoms with Crippen LogP contribution in [-0.4, -0.2) is 12.1 Å². The van der Waals surface area contributed by atoms with Crippen molar-refractivity contribution in [2.45, 2.75) is 51.7 Å². The topological polar surface area (TPSA) is 35.2 Å². The summed E-state index contributed by atoms with van der Waals surface area (Å²) in [4.78, 5) is 0. The van der Waals surface area contributed by atoms with Crippen LogP contribution < -0.4 is 5.73 Å². The zero-order chi connectivity index (χ0) is 12.3. The maximum absolute atomic E-state index is 6.16. The van der Waals surface area contributed by atoms with Crippen LogP contribution >= 0.6 is 0 Å². The lowest BCUT2D eigenvalue weighted by Crippen LogP contribution is -2.37. The minimum atomic E-state index is -0.0469. The second-order valence-corrected chi connectivity index (χ2v) is 5.25. The van der Waals surface area contributed by atoms with E-state index in [2.05, 4.69) is 32.0 Å². The molecule has 0 unspecified atom stereocenters. The third-order valence-electron chi connectivity index (χ3n) is 4.05. The molecule has 0 aliphatic heterocycles. The van der Waals surface area contributed by atoms with Gasteiger partial charge in [0.05, 0.1) is 12.2 Å². The number of benzene rings is 1. The van der Waals surface area contributed by atoms with E-state index in [-0.39, 0.29) is 5.60 Å². The first-order valence-electron chi connectivity index (χ1n) is 6.56. The maximum Gasteiger partial charge on any atom is 0.0808 e. The Labute approximate surface area is 104 Å². The number of ether oxygens (including phenoxy) is 1. The predicted octanol–water partition coefficient (Wildman–Crippen LogP) is 3.09. The molecule has 1 saturated carbocycles. The minimum Gasteiger partial charge on any atom is -0.369 e. The van der Waals surface area contributed by atoms with E-state index in [9.17, 15) is 0 Å². The minimum absolute atomic E-state index is 0.0469. The highest BCUT2D eigenvalue weighted by Crippen LogP contribution is 2.33.